The van der Waals surface area contributed by atoms with E-state index in [9.17, 15) is 4.39 Å². The predicted octanol–water partition coefficient (Wildman–Crippen LogP) is 3.15. The summed E-state index contributed by atoms with van der Waals surface area (Å²) >= 11 is 0. The molecule has 0 aliphatic heterocycles. The zero-order valence-electron chi connectivity index (χ0n) is 12.3. The quantitative estimate of drug-likeness (QED) is 0.938. The molecule has 3 heteroatoms. The van der Waals surface area contributed by atoms with E-state index in [4.69, 9.17) is 5.73 Å². The molecule has 1 unspecified atom stereocenters. The van der Waals surface area contributed by atoms with Gasteiger partial charge in [0.15, 0.2) is 0 Å². The number of rotatable bonds is 3. The fourth-order valence-electron chi connectivity index (χ4n) is 3.32. The first-order chi connectivity index (χ1) is 10.1. The average Bonchev–Trinajstić information content (AvgIpc) is 2.54. The van der Waals surface area contributed by atoms with Gasteiger partial charge in [-0.1, -0.05) is 24.3 Å². The first-order valence-electron chi connectivity index (χ1n) is 7.41. The molecule has 2 aromatic carbocycles. The van der Waals surface area contributed by atoms with E-state index in [2.05, 4.69) is 36.2 Å². The van der Waals surface area contributed by atoms with E-state index in [1.165, 1.54) is 23.3 Å². The van der Waals surface area contributed by atoms with E-state index >= 15 is 0 Å². The lowest BCUT2D eigenvalue weighted by molar-refractivity contribution is 0.363. The van der Waals surface area contributed by atoms with Crippen molar-refractivity contribution in [3.63, 3.8) is 0 Å². The summed E-state index contributed by atoms with van der Waals surface area (Å²) in [4.78, 5) is 2.22. The van der Waals surface area contributed by atoms with Crippen LogP contribution in [0, 0.1) is 5.82 Å². The van der Waals surface area contributed by atoms with Crippen LogP contribution in [0.1, 0.15) is 17.5 Å². The van der Waals surface area contributed by atoms with Crippen molar-refractivity contribution in [3.05, 3.63) is 65.5 Å². The Labute approximate surface area is 125 Å². The summed E-state index contributed by atoms with van der Waals surface area (Å²) in [6.45, 7) is 0.592. The van der Waals surface area contributed by atoms with Gasteiger partial charge in [-0.2, -0.15) is 0 Å². The smallest absolute Gasteiger partial charge is 0.123 e. The molecule has 1 aliphatic rings. The minimum absolute atomic E-state index is 0.0911. The molecule has 0 aromatic heterocycles. The van der Waals surface area contributed by atoms with Crippen LogP contribution in [0.4, 0.5) is 10.1 Å². The second-order valence-electron chi connectivity index (χ2n) is 5.91. The molecule has 2 nitrogen and oxygen atoms in total. The van der Waals surface area contributed by atoms with E-state index in [1.807, 2.05) is 12.1 Å². The Kier molecular flexibility index (Phi) is 3.68. The van der Waals surface area contributed by atoms with Crippen LogP contribution in [0.3, 0.4) is 0 Å². The molecule has 0 saturated carbocycles. The lowest BCUT2D eigenvalue weighted by atomic mass is 9.76. The summed E-state index contributed by atoms with van der Waals surface area (Å²) in [5.74, 6) is -0.206. The zero-order valence-corrected chi connectivity index (χ0v) is 12.3. The Bertz CT molecular complexity index is 623. The minimum Gasteiger partial charge on any atom is -0.367 e. The third kappa shape index (κ3) is 2.54. The van der Waals surface area contributed by atoms with Gasteiger partial charge in [0.05, 0.1) is 5.54 Å². The van der Waals surface area contributed by atoms with Gasteiger partial charge in [0.1, 0.15) is 5.82 Å². The Hall–Kier alpha value is -1.87. The number of halogens is 1. The van der Waals surface area contributed by atoms with Crippen LogP contribution < -0.4 is 10.6 Å². The van der Waals surface area contributed by atoms with Gasteiger partial charge in [-0.3, -0.25) is 0 Å². The number of benzene rings is 2. The van der Waals surface area contributed by atoms with Gasteiger partial charge in [0, 0.05) is 19.3 Å². The van der Waals surface area contributed by atoms with Crippen LogP contribution in [0.2, 0.25) is 0 Å². The predicted molar refractivity (Wildman–Crippen MR) is 85.1 cm³/mol. The second kappa shape index (κ2) is 5.49. The molecule has 0 amide bonds. The molecule has 0 radical (unpaired) electrons. The van der Waals surface area contributed by atoms with Gasteiger partial charge >= 0.3 is 0 Å². The Balaban J connectivity index is 1.93. The van der Waals surface area contributed by atoms with Crippen LogP contribution in [-0.4, -0.2) is 19.1 Å². The molecule has 2 aromatic rings. The van der Waals surface area contributed by atoms with Gasteiger partial charge in [0.2, 0.25) is 0 Å². The number of aryl methyl sites for hydroxylation is 1. The highest BCUT2D eigenvalue weighted by molar-refractivity contribution is 5.50. The van der Waals surface area contributed by atoms with Crippen LogP contribution in [0.25, 0.3) is 0 Å². The van der Waals surface area contributed by atoms with E-state index in [0.29, 0.717) is 6.54 Å². The Morgan fingerprint density at radius 1 is 1.10 bits per heavy atom. The van der Waals surface area contributed by atoms with Crippen molar-refractivity contribution in [1.82, 2.24) is 0 Å². The van der Waals surface area contributed by atoms with Crippen LogP contribution in [-0.2, 0) is 12.8 Å². The third-order valence-electron chi connectivity index (χ3n) is 4.80. The SMILES string of the molecule is CN(c1ccc(F)cc1)C1(CN)CCc2ccccc2C1. The summed E-state index contributed by atoms with van der Waals surface area (Å²) in [5, 5.41) is 0. The van der Waals surface area contributed by atoms with Crippen molar-refractivity contribution >= 4 is 5.69 Å². The van der Waals surface area contributed by atoms with Gasteiger partial charge < -0.3 is 10.6 Å². The van der Waals surface area contributed by atoms with Crippen LogP contribution in [0.5, 0.6) is 0 Å². The van der Waals surface area contributed by atoms with Crippen LogP contribution in [0.15, 0.2) is 48.5 Å². The monoisotopic (exact) mass is 284 g/mol. The minimum atomic E-state index is -0.206. The molecule has 0 fully saturated rings. The topological polar surface area (TPSA) is 29.3 Å². The number of nitrogens with zero attached hydrogens (tertiary/aromatic N) is 1. The molecule has 0 heterocycles. The summed E-state index contributed by atoms with van der Waals surface area (Å²) in [6.07, 6.45) is 3.00. The summed E-state index contributed by atoms with van der Waals surface area (Å²) < 4.78 is 13.1. The number of hydrogen-bond donors (Lipinski definition) is 1. The zero-order chi connectivity index (χ0) is 14.9. The van der Waals surface area contributed by atoms with Gasteiger partial charge in [-0.25, -0.2) is 4.39 Å². The van der Waals surface area contributed by atoms with Crippen molar-refractivity contribution in [1.29, 1.82) is 0 Å². The van der Waals surface area contributed by atoms with E-state index < -0.39 is 0 Å². The van der Waals surface area contributed by atoms with Crippen molar-refractivity contribution in [3.8, 4) is 0 Å². The molecular weight excluding hydrogens is 263 g/mol. The maximum Gasteiger partial charge on any atom is 0.123 e. The molecule has 110 valence electrons. The number of hydrogen-bond acceptors (Lipinski definition) is 2. The molecule has 1 aliphatic carbocycles. The molecular formula is C18H21FN2. The summed E-state index contributed by atoms with van der Waals surface area (Å²) in [6, 6.07) is 15.2. The normalized spacial score (nSPS) is 20.9. The van der Waals surface area contributed by atoms with Crippen LogP contribution >= 0.6 is 0 Å². The largest absolute Gasteiger partial charge is 0.367 e. The lowest BCUT2D eigenvalue weighted by Crippen LogP contribution is -2.56. The number of nitrogens with two attached hydrogens (primary N) is 1. The second-order valence-corrected chi connectivity index (χ2v) is 5.91. The molecule has 0 bridgehead atoms. The highest BCUT2D eigenvalue weighted by Gasteiger charge is 2.37. The van der Waals surface area contributed by atoms with Crippen molar-refractivity contribution in [2.45, 2.75) is 24.8 Å². The summed E-state index contributed by atoms with van der Waals surface area (Å²) in [5.41, 5.74) is 9.87. The molecule has 3 rings (SSSR count). The number of fused-ring (bicyclic) bond motifs is 1. The molecule has 2 N–H and O–H groups in total. The maximum absolute atomic E-state index is 13.1. The maximum atomic E-state index is 13.1. The molecule has 1 atom stereocenters. The van der Waals surface area contributed by atoms with E-state index in [-0.39, 0.29) is 11.4 Å². The van der Waals surface area contributed by atoms with E-state index in [0.717, 1.165) is 24.9 Å². The van der Waals surface area contributed by atoms with Crippen molar-refractivity contribution < 1.29 is 4.39 Å². The molecule has 0 saturated heterocycles. The van der Waals surface area contributed by atoms with E-state index in [1.54, 1.807) is 0 Å². The third-order valence-corrected chi connectivity index (χ3v) is 4.80. The highest BCUT2D eigenvalue weighted by atomic mass is 19.1. The van der Waals surface area contributed by atoms with Crippen molar-refractivity contribution in [2.75, 3.05) is 18.5 Å². The number of likely N-dealkylation sites (N-methyl/N-ethyl adjacent to an activating group) is 1. The first-order valence-corrected chi connectivity index (χ1v) is 7.41. The Morgan fingerprint density at radius 2 is 1.76 bits per heavy atom. The lowest BCUT2D eigenvalue weighted by Gasteiger charge is -2.46. The highest BCUT2D eigenvalue weighted by Crippen LogP contribution is 2.34. The molecule has 21 heavy (non-hydrogen) atoms. The Morgan fingerprint density at radius 3 is 2.43 bits per heavy atom. The standard InChI is InChI=1S/C18H21FN2/c1-21(17-8-6-16(19)7-9-17)18(13-20)11-10-14-4-2-3-5-15(14)12-18/h2-9H,10-13,20H2,1H3. The fourth-order valence-corrected chi connectivity index (χ4v) is 3.32. The van der Waals surface area contributed by atoms with Gasteiger partial charge in [-0.05, 0) is 54.7 Å². The first kappa shape index (κ1) is 14.1. The fraction of sp³-hybridized carbons (Fsp3) is 0.333. The summed E-state index contributed by atoms with van der Waals surface area (Å²) in [7, 11) is 2.06. The average molecular weight is 284 g/mol. The van der Waals surface area contributed by atoms with Gasteiger partial charge in [-0.15, -0.1) is 0 Å². The number of anilines is 1. The van der Waals surface area contributed by atoms with Crippen molar-refractivity contribution in [2.24, 2.45) is 5.73 Å². The van der Waals surface area contributed by atoms with Gasteiger partial charge in [0.25, 0.3) is 0 Å². The molecule has 0 spiro atoms.